The van der Waals surface area contributed by atoms with E-state index in [2.05, 4.69) is 6.07 Å². The summed E-state index contributed by atoms with van der Waals surface area (Å²) in [5, 5.41) is 8.89. The van der Waals surface area contributed by atoms with Gasteiger partial charge in [-0.1, -0.05) is 6.08 Å². The highest BCUT2D eigenvalue weighted by Crippen LogP contribution is 2.41. The van der Waals surface area contributed by atoms with Crippen molar-refractivity contribution >= 4 is 0 Å². The average molecular weight is 235 g/mol. The number of nitriles is 1. The number of hydrogen-bond donors (Lipinski definition) is 0. The third-order valence-corrected chi connectivity index (χ3v) is 4.78. The minimum absolute atomic E-state index is 0.317. The molecule has 0 radical (unpaired) electrons. The molecule has 2 aliphatic carbocycles. The SMILES string of the molecule is N#C[C@H]1CC[C@H]([C@H]2CC[C@H](C=CF)CC2)CC1. The van der Waals surface area contributed by atoms with Gasteiger partial charge in [0.05, 0.1) is 12.4 Å². The van der Waals surface area contributed by atoms with Crippen molar-refractivity contribution in [1.29, 1.82) is 5.26 Å². The van der Waals surface area contributed by atoms with Crippen LogP contribution in [0.5, 0.6) is 0 Å². The maximum absolute atomic E-state index is 12.1. The Bertz CT molecular complexity index is 289. The van der Waals surface area contributed by atoms with E-state index >= 15 is 0 Å². The van der Waals surface area contributed by atoms with E-state index in [0.29, 0.717) is 18.2 Å². The Hall–Kier alpha value is -0.840. The Morgan fingerprint density at radius 3 is 1.88 bits per heavy atom. The van der Waals surface area contributed by atoms with Crippen molar-refractivity contribution in [3.63, 3.8) is 0 Å². The lowest BCUT2D eigenvalue weighted by Gasteiger charge is -2.36. The number of hydrogen-bond acceptors (Lipinski definition) is 1. The van der Waals surface area contributed by atoms with E-state index in [1.807, 2.05) is 0 Å². The molecule has 0 aromatic rings. The van der Waals surface area contributed by atoms with Crippen LogP contribution < -0.4 is 0 Å². The molecule has 0 unspecified atom stereocenters. The molecule has 0 aromatic carbocycles. The number of nitrogens with zero attached hydrogens (tertiary/aromatic N) is 1. The third-order valence-electron chi connectivity index (χ3n) is 4.78. The predicted octanol–water partition coefficient (Wildman–Crippen LogP) is 4.61. The molecule has 0 bridgehead atoms. The molecule has 2 aliphatic rings. The molecule has 94 valence electrons. The van der Waals surface area contributed by atoms with E-state index in [4.69, 9.17) is 5.26 Å². The van der Waals surface area contributed by atoms with E-state index in [-0.39, 0.29) is 0 Å². The molecule has 0 N–H and O–H groups in total. The molecule has 0 spiro atoms. The lowest BCUT2D eigenvalue weighted by molar-refractivity contribution is 0.167. The molecule has 1 nitrogen and oxygen atoms in total. The topological polar surface area (TPSA) is 23.8 Å². The minimum Gasteiger partial charge on any atom is -0.216 e. The molecular weight excluding hydrogens is 213 g/mol. The highest BCUT2D eigenvalue weighted by Gasteiger charge is 2.30. The van der Waals surface area contributed by atoms with Crippen molar-refractivity contribution in [3.05, 3.63) is 12.4 Å². The monoisotopic (exact) mass is 235 g/mol. The zero-order valence-electron chi connectivity index (χ0n) is 10.4. The van der Waals surface area contributed by atoms with Gasteiger partial charge in [-0.05, 0) is 69.1 Å². The second-order valence-electron chi connectivity index (χ2n) is 5.73. The van der Waals surface area contributed by atoms with Crippen LogP contribution in [0.4, 0.5) is 4.39 Å². The molecule has 2 saturated carbocycles. The molecule has 0 saturated heterocycles. The summed E-state index contributed by atoms with van der Waals surface area (Å²) in [6, 6.07) is 2.40. The molecule has 2 fully saturated rings. The van der Waals surface area contributed by atoms with Gasteiger partial charge in [-0.2, -0.15) is 5.26 Å². The van der Waals surface area contributed by atoms with Gasteiger partial charge in [0, 0.05) is 5.92 Å². The summed E-state index contributed by atoms with van der Waals surface area (Å²) in [7, 11) is 0. The summed E-state index contributed by atoms with van der Waals surface area (Å²) in [5.41, 5.74) is 0. The fraction of sp³-hybridized carbons (Fsp3) is 0.800. The van der Waals surface area contributed by atoms with E-state index < -0.39 is 0 Å². The maximum atomic E-state index is 12.1. The summed E-state index contributed by atoms with van der Waals surface area (Å²) in [6.07, 6.45) is 12.0. The van der Waals surface area contributed by atoms with Crippen LogP contribution in [-0.2, 0) is 0 Å². The van der Waals surface area contributed by atoms with Gasteiger partial charge in [0.1, 0.15) is 0 Å². The first-order chi connectivity index (χ1) is 8.33. The molecule has 0 amide bonds. The van der Waals surface area contributed by atoms with E-state index in [1.54, 1.807) is 6.08 Å². The summed E-state index contributed by atoms with van der Waals surface area (Å²) in [4.78, 5) is 0. The van der Waals surface area contributed by atoms with Gasteiger partial charge in [-0.3, -0.25) is 0 Å². The first-order valence-corrected chi connectivity index (χ1v) is 7.00. The lowest BCUT2D eigenvalue weighted by Crippen LogP contribution is -2.25. The van der Waals surface area contributed by atoms with Gasteiger partial charge < -0.3 is 0 Å². The van der Waals surface area contributed by atoms with Crippen LogP contribution in [0.1, 0.15) is 51.4 Å². The largest absolute Gasteiger partial charge is 0.216 e. The summed E-state index contributed by atoms with van der Waals surface area (Å²) < 4.78 is 12.1. The van der Waals surface area contributed by atoms with Crippen LogP contribution in [-0.4, -0.2) is 0 Å². The van der Waals surface area contributed by atoms with E-state index in [9.17, 15) is 4.39 Å². The standard InChI is InChI=1S/C15H22FN/c16-10-9-12-1-5-14(6-2-12)15-7-3-13(11-17)4-8-15/h9-10,12-15H,1-8H2/t12-,13-,14-,15-. The molecule has 0 heterocycles. The van der Waals surface area contributed by atoms with Crippen molar-refractivity contribution < 1.29 is 4.39 Å². The number of halogens is 1. The van der Waals surface area contributed by atoms with Gasteiger partial charge in [-0.25, -0.2) is 4.39 Å². The van der Waals surface area contributed by atoms with Gasteiger partial charge in [0.15, 0.2) is 0 Å². The van der Waals surface area contributed by atoms with Crippen LogP contribution in [0.2, 0.25) is 0 Å². The Kier molecular flexibility index (Phi) is 4.59. The second kappa shape index (κ2) is 6.19. The Morgan fingerprint density at radius 1 is 0.882 bits per heavy atom. The number of allylic oxidation sites excluding steroid dienone is 1. The van der Waals surface area contributed by atoms with Crippen LogP contribution in [0.3, 0.4) is 0 Å². The summed E-state index contributed by atoms with van der Waals surface area (Å²) in [5.74, 6) is 2.48. The van der Waals surface area contributed by atoms with Crippen LogP contribution in [0.25, 0.3) is 0 Å². The smallest absolute Gasteiger partial charge is 0.0829 e. The number of rotatable bonds is 2. The van der Waals surface area contributed by atoms with Crippen molar-refractivity contribution in [3.8, 4) is 6.07 Å². The predicted molar refractivity (Wildman–Crippen MR) is 66.8 cm³/mol. The molecule has 0 aliphatic heterocycles. The first kappa shape index (κ1) is 12.6. The first-order valence-electron chi connectivity index (χ1n) is 7.00. The van der Waals surface area contributed by atoms with Gasteiger partial charge in [-0.15, -0.1) is 0 Å². The molecule has 0 aromatic heterocycles. The van der Waals surface area contributed by atoms with E-state index in [0.717, 1.165) is 37.5 Å². The second-order valence-corrected chi connectivity index (χ2v) is 5.73. The zero-order chi connectivity index (χ0) is 12.1. The molecular formula is C15H22FN. The molecule has 17 heavy (non-hydrogen) atoms. The van der Waals surface area contributed by atoms with Crippen molar-refractivity contribution in [1.82, 2.24) is 0 Å². The van der Waals surface area contributed by atoms with Crippen molar-refractivity contribution in [2.24, 2.45) is 23.7 Å². The normalized spacial score (nSPS) is 39.1. The van der Waals surface area contributed by atoms with Crippen LogP contribution >= 0.6 is 0 Å². The van der Waals surface area contributed by atoms with Crippen molar-refractivity contribution in [2.75, 3.05) is 0 Å². The maximum Gasteiger partial charge on any atom is 0.0829 e. The third kappa shape index (κ3) is 3.31. The zero-order valence-corrected chi connectivity index (χ0v) is 10.4. The molecule has 2 rings (SSSR count). The highest BCUT2D eigenvalue weighted by atomic mass is 19.1. The lowest BCUT2D eigenvalue weighted by atomic mass is 9.69. The molecule has 2 heteroatoms. The van der Waals surface area contributed by atoms with Crippen molar-refractivity contribution in [2.45, 2.75) is 51.4 Å². The van der Waals surface area contributed by atoms with Crippen LogP contribution in [0.15, 0.2) is 12.4 Å². The van der Waals surface area contributed by atoms with Gasteiger partial charge >= 0.3 is 0 Å². The molecule has 0 atom stereocenters. The van der Waals surface area contributed by atoms with Gasteiger partial charge in [0.25, 0.3) is 0 Å². The van der Waals surface area contributed by atoms with Crippen LogP contribution in [0, 0.1) is 35.0 Å². The Morgan fingerprint density at radius 2 is 1.41 bits per heavy atom. The summed E-state index contributed by atoms with van der Waals surface area (Å²) >= 11 is 0. The fourth-order valence-electron chi connectivity index (χ4n) is 3.63. The summed E-state index contributed by atoms with van der Waals surface area (Å²) in [6.45, 7) is 0. The van der Waals surface area contributed by atoms with Gasteiger partial charge in [0.2, 0.25) is 0 Å². The quantitative estimate of drug-likeness (QED) is 0.686. The van der Waals surface area contributed by atoms with E-state index in [1.165, 1.54) is 25.7 Å². The minimum atomic E-state index is 0.317. The average Bonchev–Trinajstić information content (AvgIpc) is 2.40. The Labute approximate surface area is 104 Å². The fourth-order valence-corrected chi connectivity index (χ4v) is 3.63. The highest BCUT2D eigenvalue weighted by molar-refractivity contribution is 4.92. The Balaban J connectivity index is 1.76.